The molecule has 0 atom stereocenters. The summed E-state index contributed by atoms with van der Waals surface area (Å²) in [5.74, 6) is 0.681. The summed E-state index contributed by atoms with van der Waals surface area (Å²) >= 11 is 0. The van der Waals surface area contributed by atoms with Crippen molar-refractivity contribution >= 4 is 16.3 Å². The van der Waals surface area contributed by atoms with Gasteiger partial charge in [-0.25, -0.2) is 14.5 Å². The molecule has 3 heterocycles. The molecule has 11 aromatic rings. The molecule has 0 unspecified atom stereocenters. The molecule has 61 heavy (non-hydrogen) atoms. The third kappa shape index (κ3) is 6.67. The largest absolute Gasteiger partial charge is 0.231 e. The highest BCUT2D eigenvalue weighted by Gasteiger charge is 2.25. The predicted octanol–water partition coefficient (Wildman–Crippen LogP) is 14.6. The summed E-state index contributed by atoms with van der Waals surface area (Å²) in [6.07, 6.45) is 0. The van der Waals surface area contributed by atoms with E-state index in [9.17, 15) is 0 Å². The van der Waals surface area contributed by atoms with Crippen molar-refractivity contribution in [2.75, 3.05) is 0 Å². The van der Waals surface area contributed by atoms with Crippen LogP contribution in [0.5, 0.6) is 0 Å². The Balaban J connectivity index is 1.15. The lowest BCUT2D eigenvalue weighted by atomic mass is 9.90. The lowest BCUT2D eigenvalue weighted by Crippen LogP contribution is -2.00. The monoisotopic (exact) mass is 778 g/mol. The Morgan fingerprint density at radius 3 is 1.39 bits per heavy atom. The van der Waals surface area contributed by atoms with Gasteiger partial charge >= 0.3 is 0 Å². The molecule has 0 bridgehead atoms. The van der Waals surface area contributed by atoms with E-state index in [1.807, 2.05) is 24.3 Å². The Morgan fingerprint density at radius 1 is 0.295 bits per heavy atom. The van der Waals surface area contributed by atoms with Crippen molar-refractivity contribution in [1.82, 2.24) is 19.6 Å². The molecule has 4 heteroatoms. The third-order valence-corrected chi connectivity index (χ3v) is 11.4. The molecule has 0 aliphatic carbocycles. The van der Waals surface area contributed by atoms with Crippen LogP contribution in [-0.4, -0.2) is 19.6 Å². The van der Waals surface area contributed by atoms with Gasteiger partial charge < -0.3 is 0 Å². The van der Waals surface area contributed by atoms with Gasteiger partial charge in [-0.05, 0) is 39.8 Å². The van der Waals surface area contributed by atoms with E-state index in [1.54, 1.807) is 0 Å². The molecule has 0 radical (unpaired) electrons. The van der Waals surface area contributed by atoms with Gasteiger partial charge in [0.25, 0.3) is 0 Å². The van der Waals surface area contributed by atoms with Crippen LogP contribution in [0.2, 0.25) is 0 Å². The number of hydrogen-bond donors (Lipinski definition) is 0. The molecule has 0 aliphatic heterocycles. The first-order valence-electron chi connectivity index (χ1n) is 20.6. The van der Waals surface area contributed by atoms with Gasteiger partial charge in [0.05, 0.1) is 22.6 Å². The van der Waals surface area contributed by atoms with Crippen LogP contribution in [0.15, 0.2) is 231 Å². The highest BCUT2D eigenvalue weighted by molar-refractivity contribution is 6.15. The number of hydrogen-bond acceptors (Lipinski definition) is 3. The number of pyridine rings is 1. The van der Waals surface area contributed by atoms with E-state index in [-0.39, 0.29) is 0 Å². The second-order valence-electron chi connectivity index (χ2n) is 15.2. The zero-order valence-electron chi connectivity index (χ0n) is 33.2. The third-order valence-electron chi connectivity index (χ3n) is 11.4. The van der Waals surface area contributed by atoms with E-state index in [4.69, 9.17) is 15.1 Å². The molecule has 0 saturated carbocycles. The quantitative estimate of drug-likeness (QED) is 0.154. The van der Waals surface area contributed by atoms with Crippen LogP contribution in [0.1, 0.15) is 0 Å². The highest BCUT2D eigenvalue weighted by Crippen LogP contribution is 2.46. The maximum Gasteiger partial charge on any atom is 0.160 e. The number of fused-ring (bicyclic) bond motifs is 3. The van der Waals surface area contributed by atoms with Gasteiger partial charge in [-0.15, -0.1) is 0 Å². The average Bonchev–Trinajstić information content (AvgIpc) is 3.76. The van der Waals surface area contributed by atoms with Crippen LogP contribution >= 0.6 is 0 Å². The number of nitrogens with zero attached hydrogens (tertiary/aromatic N) is 4. The van der Waals surface area contributed by atoms with E-state index in [2.05, 4.69) is 211 Å². The first-order valence-corrected chi connectivity index (χ1v) is 20.6. The Hall–Kier alpha value is -8.21. The number of benzene rings is 8. The molecule has 0 fully saturated rings. The molecule has 0 amide bonds. The number of rotatable bonds is 8. The molecule has 286 valence electrons. The minimum absolute atomic E-state index is 0.681. The average molecular weight is 779 g/mol. The van der Waals surface area contributed by atoms with Gasteiger partial charge in [0.2, 0.25) is 0 Å². The summed E-state index contributed by atoms with van der Waals surface area (Å²) < 4.78 is 2.19. The lowest BCUT2D eigenvalue weighted by molar-refractivity contribution is 0.981. The predicted molar refractivity (Wildman–Crippen MR) is 252 cm³/mol. The number of aromatic nitrogens is 4. The van der Waals surface area contributed by atoms with E-state index in [0.29, 0.717) is 5.82 Å². The summed E-state index contributed by atoms with van der Waals surface area (Å²) in [4.78, 5) is 10.4. The Labute approximate surface area is 354 Å². The zero-order valence-corrected chi connectivity index (χ0v) is 33.2. The smallest absolute Gasteiger partial charge is 0.160 e. The Bertz CT molecular complexity index is 3310. The molecule has 0 aliphatic rings. The van der Waals surface area contributed by atoms with Crippen molar-refractivity contribution in [2.45, 2.75) is 0 Å². The van der Waals surface area contributed by atoms with E-state index < -0.39 is 0 Å². The van der Waals surface area contributed by atoms with E-state index >= 15 is 0 Å². The van der Waals surface area contributed by atoms with Gasteiger partial charge in [0.15, 0.2) is 5.82 Å². The van der Waals surface area contributed by atoms with Crippen molar-refractivity contribution in [2.24, 2.45) is 0 Å². The summed E-state index contributed by atoms with van der Waals surface area (Å²) in [6.45, 7) is 0. The molecule has 0 spiro atoms. The van der Waals surface area contributed by atoms with Crippen LogP contribution in [0.25, 0.3) is 106 Å². The van der Waals surface area contributed by atoms with Gasteiger partial charge in [-0.2, -0.15) is 5.10 Å². The van der Waals surface area contributed by atoms with Gasteiger partial charge in [0.1, 0.15) is 5.69 Å². The lowest BCUT2D eigenvalue weighted by Gasteiger charge is -2.18. The van der Waals surface area contributed by atoms with Crippen molar-refractivity contribution in [3.63, 3.8) is 0 Å². The maximum absolute atomic E-state index is 5.56. The Kier molecular flexibility index (Phi) is 9.14. The molecular formula is C57H38N4. The summed E-state index contributed by atoms with van der Waals surface area (Å²) in [5.41, 5.74) is 16.7. The second kappa shape index (κ2) is 15.5. The zero-order chi connectivity index (χ0) is 40.5. The first kappa shape index (κ1) is 35.9. The van der Waals surface area contributed by atoms with E-state index in [1.165, 1.54) is 5.56 Å². The minimum Gasteiger partial charge on any atom is -0.231 e. The van der Waals surface area contributed by atoms with Gasteiger partial charge in [-0.3, -0.25) is 0 Å². The van der Waals surface area contributed by atoms with Gasteiger partial charge in [0, 0.05) is 44.3 Å². The molecule has 3 aromatic heterocycles. The van der Waals surface area contributed by atoms with Crippen LogP contribution in [0, 0.1) is 0 Å². The fraction of sp³-hybridized carbons (Fsp3) is 0. The molecule has 11 rings (SSSR count). The molecule has 8 aromatic carbocycles. The van der Waals surface area contributed by atoms with Gasteiger partial charge in [-0.1, -0.05) is 218 Å². The first-order chi connectivity index (χ1) is 30.3. The molecule has 0 saturated heterocycles. The molecular weight excluding hydrogens is 741 g/mol. The standard InChI is InChI=1S/C57H38N4/c1-6-19-39(20-7-1)40-33-35-41(36-34-40)50-38-51(59-57(58-50)45-27-14-5-15-28-45)46-29-18-30-47(37-46)52-48-31-16-17-32-49(48)56-53(42-21-8-2-9-22-42)54(43-23-10-3-11-24-43)60-61(56)55(52)44-25-12-4-13-26-44/h1-38H. The van der Waals surface area contributed by atoms with Crippen LogP contribution in [0.3, 0.4) is 0 Å². The topological polar surface area (TPSA) is 43.1 Å². The fourth-order valence-electron chi connectivity index (χ4n) is 8.56. The van der Waals surface area contributed by atoms with E-state index in [0.717, 1.165) is 94.7 Å². The van der Waals surface area contributed by atoms with Crippen LogP contribution in [-0.2, 0) is 0 Å². The second-order valence-corrected chi connectivity index (χ2v) is 15.2. The fourth-order valence-corrected chi connectivity index (χ4v) is 8.56. The van der Waals surface area contributed by atoms with Crippen LogP contribution in [0.4, 0.5) is 0 Å². The molecule has 4 nitrogen and oxygen atoms in total. The van der Waals surface area contributed by atoms with Crippen molar-refractivity contribution in [3.05, 3.63) is 231 Å². The summed E-state index contributed by atoms with van der Waals surface area (Å²) in [7, 11) is 0. The highest BCUT2D eigenvalue weighted by atomic mass is 15.2. The molecule has 0 N–H and O–H groups in total. The maximum atomic E-state index is 5.56. The Morgan fingerprint density at radius 2 is 0.754 bits per heavy atom. The van der Waals surface area contributed by atoms with Crippen molar-refractivity contribution in [3.8, 4) is 89.8 Å². The minimum atomic E-state index is 0.681. The van der Waals surface area contributed by atoms with Crippen molar-refractivity contribution in [1.29, 1.82) is 0 Å². The van der Waals surface area contributed by atoms with Crippen LogP contribution < -0.4 is 0 Å². The normalized spacial score (nSPS) is 11.3. The summed E-state index contributed by atoms with van der Waals surface area (Å²) in [5, 5.41) is 7.84. The van der Waals surface area contributed by atoms with Crippen molar-refractivity contribution < 1.29 is 0 Å². The SMILES string of the molecule is c1ccc(-c2ccc(-c3cc(-c4cccc(-c5c(-c6ccccc6)n6nc(-c7ccccc7)c(-c7ccccc7)c6c6ccccc56)c4)nc(-c4ccccc4)n3)cc2)cc1. The summed E-state index contributed by atoms with van der Waals surface area (Å²) in [6, 6.07) is 80.9.